The number of fused-ring (bicyclic) bond motifs is 1. The molecule has 0 spiro atoms. The fraction of sp³-hybridized carbons (Fsp3) is 0.0625. The van der Waals surface area contributed by atoms with Gasteiger partial charge in [0.05, 0.1) is 0 Å². The van der Waals surface area contributed by atoms with Crippen molar-refractivity contribution in [2.75, 3.05) is 0 Å². The highest BCUT2D eigenvalue weighted by atomic mass is 19.1. The van der Waals surface area contributed by atoms with Crippen LogP contribution in [-0.2, 0) is 6.54 Å². The lowest BCUT2D eigenvalue weighted by atomic mass is 10.1. The monoisotopic (exact) mass is 268 g/mol. The maximum absolute atomic E-state index is 13.0. The minimum Gasteiger partial charge on any atom is -0.361 e. The molecule has 0 aliphatic carbocycles. The highest BCUT2D eigenvalue weighted by molar-refractivity contribution is 5.98. The summed E-state index contributed by atoms with van der Waals surface area (Å²) in [5.74, 6) is -0.470. The summed E-state index contributed by atoms with van der Waals surface area (Å²) in [7, 11) is 0. The number of H-pyrrole nitrogens is 1. The molecule has 4 heteroatoms. The van der Waals surface area contributed by atoms with Crippen LogP contribution in [0.3, 0.4) is 0 Å². The van der Waals surface area contributed by atoms with Crippen molar-refractivity contribution >= 4 is 16.8 Å². The molecular formula is C16H13FN2O. The van der Waals surface area contributed by atoms with E-state index in [4.69, 9.17) is 0 Å². The van der Waals surface area contributed by atoms with Crippen molar-refractivity contribution in [1.29, 1.82) is 0 Å². The van der Waals surface area contributed by atoms with Gasteiger partial charge in [-0.15, -0.1) is 0 Å². The van der Waals surface area contributed by atoms with Crippen molar-refractivity contribution < 1.29 is 9.18 Å². The van der Waals surface area contributed by atoms with Crippen molar-refractivity contribution in [1.82, 2.24) is 10.3 Å². The molecule has 20 heavy (non-hydrogen) atoms. The molecule has 0 fully saturated rings. The zero-order valence-corrected chi connectivity index (χ0v) is 10.7. The Morgan fingerprint density at radius 3 is 2.90 bits per heavy atom. The third-order valence-electron chi connectivity index (χ3n) is 3.16. The first-order valence-corrected chi connectivity index (χ1v) is 6.32. The Kier molecular flexibility index (Phi) is 3.21. The van der Waals surface area contributed by atoms with Gasteiger partial charge in [0, 0.05) is 29.2 Å². The van der Waals surface area contributed by atoms with Crippen LogP contribution < -0.4 is 5.32 Å². The van der Waals surface area contributed by atoms with Crippen molar-refractivity contribution in [3.63, 3.8) is 0 Å². The number of aromatic amines is 1. The first kappa shape index (κ1) is 12.4. The van der Waals surface area contributed by atoms with Crippen molar-refractivity contribution in [3.05, 3.63) is 71.7 Å². The number of hydrogen-bond donors (Lipinski definition) is 2. The number of hydrogen-bond acceptors (Lipinski definition) is 1. The van der Waals surface area contributed by atoms with E-state index in [1.54, 1.807) is 18.2 Å². The molecule has 3 rings (SSSR count). The van der Waals surface area contributed by atoms with Crippen LogP contribution in [0, 0.1) is 5.82 Å². The van der Waals surface area contributed by atoms with Gasteiger partial charge in [-0.3, -0.25) is 4.79 Å². The van der Waals surface area contributed by atoms with Crippen molar-refractivity contribution in [2.45, 2.75) is 6.54 Å². The summed E-state index contributed by atoms with van der Waals surface area (Å²) in [5.41, 5.74) is 2.32. The molecule has 0 radical (unpaired) electrons. The van der Waals surface area contributed by atoms with Crippen LogP contribution in [-0.4, -0.2) is 10.9 Å². The summed E-state index contributed by atoms with van der Waals surface area (Å²) < 4.78 is 13.0. The SMILES string of the molecule is O=C(NCc1cccc(F)c1)c1ccc2[nH]ccc2c1. The molecule has 0 aliphatic heterocycles. The van der Waals surface area contributed by atoms with Crippen LogP contribution >= 0.6 is 0 Å². The van der Waals surface area contributed by atoms with E-state index < -0.39 is 0 Å². The Balaban J connectivity index is 1.72. The summed E-state index contributed by atoms with van der Waals surface area (Å²) in [6.45, 7) is 0.307. The minimum atomic E-state index is -0.300. The molecule has 2 aromatic carbocycles. The van der Waals surface area contributed by atoms with Crippen molar-refractivity contribution in [2.24, 2.45) is 0 Å². The van der Waals surface area contributed by atoms with Gasteiger partial charge in [0.1, 0.15) is 5.82 Å². The lowest BCUT2D eigenvalue weighted by Crippen LogP contribution is -2.22. The van der Waals surface area contributed by atoms with E-state index in [-0.39, 0.29) is 11.7 Å². The lowest BCUT2D eigenvalue weighted by Gasteiger charge is -2.06. The van der Waals surface area contributed by atoms with Gasteiger partial charge in [0.2, 0.25) is 0 Å². The predicted octanol–water partition coefficient (Wildman–Crippen LogP) is 3.24. The lowest BCUT2D eigenvalue weighted by molar-refractivity contribution is 0.0951. The number of rotatable bonds is 3. The molecule has 0 unspecified atom stereocenters. The van der Waals surface area contributed by atoms with Gasteiger partial charge in [-0.25, -0.2) is 4.39 Å². The van der Waals surface area contributed by atoms with Gasteiger partial charge >= 0.3 is 0 Å². The molecule has 0 aliphatic rings. The van der Waals surface area contributed by atoms with E-state index in [9.17, 15) is 9.18 Å². The summed E-state index contributed by atoms with van der Waals surface area (Å²) in [6, 6.07) is 13.6. The Bertz CT molecular complexity index is 764. The Hall–Kier alpha value is -2.62. The number of benzene rings is 2. The average molecular weight is 268 g/mol. The van der Waals surface area contributed by atoms with E-state index in [0.717, 1.165) is 16.5 Å². The van der Waals surface area contributed by atoms with Crippen LogP contribution in [0.1, 0.15) is 15.9 Å². The topological polar surface area (TPSA) is 44.9 Å². The second-order valence-electron chi connectivity index (χ2n) is 4.59. The van der Waals surface area contributed by atoms with E-state index in [1.807, 2.05) is 24.4 Å². The zero-order valence-electron chi connectivity index (χ0n) is 10.7. The molecule has 0 saturated carbocycles. The molecule has 0 saturated heterocycles. The number of aromatic nitrogens is 1. The second kappa shape index (κ2) is 5.17. The first-order chi connectivity index (χ1) is 9.72. The molecule has 0 bridgehead atoms. The fourth-order valence-corrected chi connectivity index (χ4v) is 2.13. The summed E-state index contributed by atoms with van der Waals surface area (Å²) in [5, 5.41) is 3.77. The second-order valence-corrected chi connectivity index (χ2v) is 4.59. The summed E-state index contributed by atoms with van der Waals surface area (Å²) >= 11 is 0. The smallest absolute Gasteiger partial charge is 0.251 e. The average Bonchev–Trinajstić information content (AvgIpc) is 2.92. The number of carbonyl (C=O) groups excluding carboxylic acids is 1. The number of nitrogens with one attached hydrogen (secondary N) is 2. The first-order valence-electron chi connectivity index (χ1n) is 6.32. The van der Waals surface area contributed by atoms with Crippen molar-refractivity contribution in [3.8, 4) is 0 Å². The molecule has 0 atom stereocenters. The van der Waals surface area contributed by atoms with Gasteiger partial charge in [0.15, 0.2) is 0 Å². The minimum absolute atomic E-state index is 0.169. The molecule has 2 N–H and O–H groups in total. The quantitative estimate of drug-likeness (QED) is 0.752. The molecule has 1 heterocycles. The van der Waals surface area contributed by atoms with E-state index in [2.05, 4.69) is 10.3 Å². The van der Waals surface area contributed by atoms with Gasteiger partial charge < -0.3 is 10.3 Å². The Morgan fingerprint density at radius 1 is 1.15 bits per heavy atom. The highest BCUT2D eigenvalue weighted by Gasteiger charge is 2.06. The Morgan fingerprint density at radius 2 is 2.05 bits per heavy atom. The maximum Gasteiger partial charge on any atom is 0.251 e. The molecule has 3 nitrogen and oxygen atoms in total. The third kappa shape index (κ3) is 2.54. The zero-order chi connectivity index (χ0) is 13.9. The van der Waals surface area contributed by atoms with Gasteiger partial charge in [-0.05, 0) is 42.0 Å². The van der Waals surface area contributed by atoms with E-state index >= 15 is 0 Å². The molecule has 3 aromatic rings. The number of carbonyl (C=O) groups is 1. The Labute approximate surface area is 115 Å². The van der Waals surface area contributed by atoms with Crippen LogP contribution in [0.25, 0.3) is 10.9 Å². The van der Waals surface area contributed by atoms with Crippen LogP contribution in [0.2, 0.25) is 0 Å². The van der Waals surface area contributed by atoms with E-state index in [0.29, 0.717) is 12.1 Å². The van der Waals surface area contributed by atoms with Gasteiger partial charge in [0.25, 0.3) is 5.91 Å². The van der Waals surface area contributed by atoms with Gasteiger partial charge in [-0.2, -0.15) is 0 Å². The van der Waals surface area contributed by atoms with Gasteiger partial charge in [-0.1, -0.05) is 12.1 Å². The fourth-order valence-electron chi connectivity index (χ4n) is 2.13. The standard InChI is InChI=1S/C16H13FN2O/c17-14-3-1-2-11(8-14)10-19-16(20)13-4-5-15-12(9-13)6-7-18-15/h1-9,18H,10H2,(H,19,20). The normalized spacial score (nSPS) is 10.7. The third-order valence-corrected chi connectivity index (χ3v) is 3.16. The number of amides is 1. The maximum atomic E-state index is 13.0. The molecular weight excluding hydrogens is 255 g/mol. The van der Waals surface area contributed by atoms with Crippen LogP contribution in [0.4, 0.5) is 4.39 Å². The molecule has 1 aromatic heterocycles. The molecule has 1 amide bonds. The largest absolute Gasteiger partial charge is 0.361 e. The van der Waals surface area contributed by atoms with Crippen LogP contribution in [0.5, 0.6) is 0 Å². The summed E-state index contributed by atoms with van der Waals surface area (Å²) in [6.07, 6.45) is 1.83. The highest BCUT2D eigenvalue weighted by Crippen LogP contribution is 2.14. The van der Waals surface area contributed by atoms with E-state index in [1.165, 1.54) is 12.1 Å². The molecule has 100 valence electrons. The predicted molar refractivity (Wildman–Crippen MR) is 75.9 cm³/mol. The number of halogens is 1. The van der Waals surface area contributed by atoms with Crippen LogP contribution in [0.15, 0.2) is 54.7 Å². The summed E-state index contributed by atoms with van der Waals surface area (Å²) in [4.78, 5) is 15.1.